The molecule has 0 spiro atoms. The highest BCUT2D eigenvalue weighted by Crippen LogP contribution is 2.19. The molecular weight excluding hydrogens is 290 g/mol. The summed E-state index contributed by atoms with van der Waals surface area (Å²) in [6, 6.07) is 3.36. The van der Waals surface area contributed by atoms with Gasteiger partial charge in [0.1, 0.15) is 11.0 Å². The molecule has 2 aromatic rings. The van der Waals surface area contributed by atoms with E-state index >= 15 is 0 Å². The Morgan fingerprint density at radius 1 is 1.38 bits per heavy atom. The van der Waals surface area contributed by atoms with Gasteiger partial charge in [0.05, 0.1) is 6.54 Å². The molecule has 21 heavy (non-hydrogen) atoms. The molecule has 0 aliphatic heterocycles. The van der Waals surface area contributed by atoms with Crippen molar-refractivity contribution in [3.63, 3.8) is 0 Å². The van der Waals surface area contributed by atoms with E-state index in [1.807, 2.05) is 20.8 Å². The number of rotatable bonds is 4. The molecule has 0 radical (unpaired) electrons. The van der Waals surface area contributed by atoms with Gasteiger partial charge in [-0.3, -0.25) is 9.89 Å². The topological polar surface area (TPSA) is 74.8 Å². The Morgan fingerprint density at radius 2 is 2.10 bits per heavy atom. The second-order valence-corrected chi connectivity index (χ2v) is 5.64. The van der Waals surface area contributed by atoms with Crippen molar-refractivity contribution in [2.24, 2.45) is 0 Å². The van der Waals surface area contributed by atoms with Crippen LogP contribution in [0.25, 0.3) is 0 Å². The van der Waals surface area contributed by atoms with E-state index in [9.17, 15) is 4.79 Å². The smallest absolute Gasteiger partial charge is 0.254 e. The molecule has 0 unspecified atom stereocenters. The number of nitrogens with zero attached hydrogens (tertiary/aromatic N) is 4. The average molecular weight is 308 g/mol. The Kier molecular flexibility index (Phi) is 4.57. The van der Waals surface area contributed by atoms with Crippen LogP contribution in [0.5, 0.6) is 0 Å². The molecular formula is C14H18ClN5O. The summed E-state index contributed by atoms with van der Waals surface area (Å²) in [5, 5.41) is 7.11. The number of nitrogens with one attached hydrogen (secondary N) is 1. The van der Waals surface area contributed by atoms with Crippen LogP contribution in [0, 0.1) is 6.92 Å². The summed E-state index contributed by atoms with van der Waals surface area (Å²) in [6.07, 6.45) is 0. The van der Waals surface area contributed by atoms with Crippen molar-refractivity contribution in [1.29, 1.82) is 0 Å². The highest BCUT2D eigenvalue weighted by molar-refractivity contribution is 6.29. The Balaban J connectivity index is 2.19. The van der Waals surface area contributed by atoms with E-state index in [-0.39, 0.29) is 11.8 Å². The number of aromatic nitrogens is 4. The highest BCUT2D eigenvalue weighted by Gasteiger charge is 2.16. The van der Waals surface area contributed by atoms with Crippen LogP contribution in [0.4, 0.5) is 0 Å². The molecule has 0 fully saturated rings. The van der Waals surface area contributed by atoms with Gasteiger partial charge >= 0.3 is 0 Å². The molecule has 6 nitrogen and oxygen atoms in total. The highest BCUT2D eigenvalue weighted by atomic mass is 35.5. The lowest BCUT2D eigenvalue weighted by Gasteiger charge is -2.16. The molecule has 0 bridgehead atoms. The third kappa shape index (κ3) is 3.78. The Labute approximate surface area is 128 Å². The fourth-order valence-corrected chi connectivity index (χ4v) is 2.12. The number of pyridine rings is 1. The lowest BCUT2D eigenvalue weighted by atomic mass is 10.1. The van der Waals surface area contributed by atoms with Crippen LogP contribution in [0.2, 0.25) is 5.15 Å². The monoisotopic (exact) mass is 307 g/mol. The summed E-state index contributed by atoms with van der Waals surface area (Å²) in [6.45, 7) is 6.16. The van der Waals surface area contributed by atoms with Gasteiger partial charge in [-0.05, 0) is 25.0 Å². The van der Waals surface area contributed by atoms with Crippen LogP contribution in [0.15, 0.2) is 12.1 Å². The van der Waals surface area contributed by atoms with Gasteiger partial charge in [0.25, 0.3) is 5.91 Å². The van der Waals surface area contributed by atoms with Gasteiger partial charge in [0.2, 0.25) is 0 Å². The van der Waals surface area contributed by atoms with E-state index in [4.69, 9.17) is 11.6 Å². The molecule has 2 heterocycles. The molecule has 0 aliphatic rings. The number of carbonyl (C=O) groups is 1. The summed E-state index contributed by atoms with van der Waals surface area (Å²) in [5.74, 6) is 1.37. The van der Waals surface area contributed by atoms with Crippen molar-refractivity contribution in [2.45, 2.75) is 33.2 Å². The van der Waals surface area contributed by atoms with Crippen molar-refractivity contribution in [2.75, 3.05) is 7.05 Å². The first kappa shape index (κ1) is 15.4. The molecule has 0 aromatic carbocycles. The zero-order valence-corrected chi connectivity index (χ0v) is 13.3. The SMILES string of the molecule is Cc1nc(CN(C)C(=O)c2cc(Cl)nc(C(C)C)c2)n[nH]1. The Hall–Kier alpha value is -1.95. The van der Waals surface area contributed by atoms with E-state index in [1.54, 1.807) is 24.1 Å². The molecule has 0 saturated heterocycles. The molecule has 2 aromatic heterocycles. The van der Waals surface area contributed by atoms with Gasteiger partial charge < -0.3 is 4.90 Å². The fraction of sp³-hybridized carbons (Fsp3) is 0.429. The third-order valence-corrected chi connectivity index (χ3v) is 3.21. The van der Waals surface area contributed by atoms with E-state index in [2.05, 4.69) is 20.2 Å². The van der Waals surface area contributed by atoms with Crippen molar-refractivity contribution in [3.05, 3.63) is 40.2 Å². The normalized spacial score (nSPS) is 11.0. The van der Waals surface area contributed by atoms with Crippen LogP contribution < -0.4 is 0 Å². The van der Waals surface area contributed by atoms with Gasteiger partial charge in [-0.25, -0.2) is 9.97 Å². The zero-order valence-electron chi connectivity index (χ0n) is 12.5. The first-order valence-corrected chi connectivity index (χ1v) is 7.05. The van der Waals surface area contributed by atoms with Crippen LogP contribution in [-0.2, 0) is 6.54 Å². The van der Waals surface area contributed by atoms with E-state index in [1.165, 1.54) is 0 Å². The summed E-state index contributed by atoms with van der Waals surface area (Å²) in [7, 11) is 1.71. The van der Waals surface area contributed by atoms with Crippen molar-refractivity contribution < 1.29 is 4.79 Å². The third-order valence-electron chi connectivity index (χ3n) is 3.02. The molecule has 0 aliphatic carbocycles. The van der Waals surface area contributed by atoms with E-state index in [0.29, 0.717) is 23.1 Å². The zero-order chi connectivity index (χ0) is 15.6. The quantitative estimate of drug-likeness (QED) is 0.881. The molecule has 2 rings (SSSR count). The summed E-state index contributed by atoms with van der Waals surface area (Å²) < 4.78 is 0. The molecule has 7 heteroatoms. The number of amides is 1. The predicted octanol–water partition coefficient (Wildman–Crippen LogP) is 2.56. The molecule has 1 amide bonds. The lowest BCUT2D eigenvalue weighted by molar-refractivity contribution is 0.0781. The van der Waals surface area contributed by atoms with Crippen LogP contribution in [-0.4, -0.2) is 38.0 Å². The number of hydrogen-bond donors (Lipinski definition) is 1. The maximum Gasteiger partial charge on any atom is 0.254 e. The number of aromatic amines is 1. The largest absolute Gasteiger partial charge is 0.334 e. The van der Waals surface area contributed by atoms with Gasteiger partial charge in [-0.2, -0.15) is 5.10 Å². The standard InChI is InChI=1S/C14H18ClN5O/c1-8(2)11-5-10(6-12(15)17-11)14(21)20(4)7-13-16-9(3)18-19-13/h5-6,8H,7H2,1-4H3,(H,16,18,19). The lowest BCUT2D eigenvalue weighted by Crippen LogP contribution is -2.27. The van der Waals surface area contributed by atoms with E-state index < -0.39 is 0 Å². The van der Waals surface area contributed by atoms with Gasteiger partial charge in [-0.15, -0.1) is 0 Å². The average Bonchev–Trinajstić information content (AvgIpc) is 2.82. The first-order chi connectivity index (χ1) is 9.86. The second-order valence-electron chi connectivity index (χ2n) is 5.26. The minimum Gasteiger partial charge on any atom is -0.334 e. The van der Waals surface area contributed by atoms with Gasteiger partial charge in [-0.1, -0.05) is 25.4 Å². The molecule has 0 saturated carbocycles. The number of aryl methyl sites for hydroxylation is 1. The van der Waals surface area contributed by atoms with Crippen LogP contribution >= 0.6 is 11.6 Å². The molecule has 1 N–H and O–H groups in total. The number of hydrogen-bond acceptors (Lipinski definition) is 4. The maximum absolute atomic E-state index is 12.5. The molecule has 0 atom stereocenters. The minimum absolute atomic E-state index is 0.136. The first-order valence-electron chi connectivity index (χ1n) is 6.67. The number of carbonyl (C=O) groups excluding carboxylic acids is 1. The number of halogens is 1. The van der Waals surface area contributed by atoms with Crippen molar-refractivity contribution in [3.8, 4) is 0 Å². The Bertz CT molecular complexity index is 653. The second kappa shape index (κ2) is 6.22. The summed E-state index contributed by atoms with van der Waals surface area (Å²) in [5.41, 5.74) is 1.32. The van der Waals surface area contributed by atoms with Gasteiger partial charge in [0, 0.05) is 18.3 Å². The van der Waals surface area contributed by atoms with Crippen LogP contribution in [0.1, 0.15) is 47.5 Å². The summed E-state index contributed by atoms with van der Waals surface area (Å²) >= 11 is 5.99. The van der Waals surface area contributed by atoms with Crippen LogP contribution in [0.3, 0.4) is 0 Å². The minimum atomic E-state index is -0.136. The number of H-pyrrole nitrogens is 1. The maximum atomic E-state index is 12.5. The fourth-order valence-electron chi connectivity index (χ4n) is 1.90. The van der Waals surface area contributed by atoms with Gasteiger partial charge in [0.15, 0.2) is 5.82 Å². The van der Waals surface area contributed by atoms with E-state index in [0.717, 1.165) is 11.5 Å². The van der Waals surface area contributed by atoms with Crippen molar-refractivity contribution in [1.82, 2.24) is 25.1 Å². The predicted molar refractivity (Wildman–Crippen MR) is 80.3 cm³/mol. The summed E-state index contributed by atoms with van der Waals surface area (Å²) in [4.78, 5) is 22.4. The van der Waals surface area contributed by atoms with Crippen molar-refractivity contribution >= 4 is 17.5 Å². The Morgan fingerprint density at radius 3 is 2.67 bits per heavy atom. The molecule has 112 valence electrons.